The number of hydrogen-bond acceptors (Lipinski definition) is 8. The molecule has 0 unspecified atom stereocenters. The molecule has 0 bridgehead atoms. The van der Waals surface area contributed by atoms with Crippen LogP contribution in [0.15, 0.2) is 41.0 Å². The number of hydrogen-bond donors (Lipinski definition) is 3. The molecule has 0 radical (unpaired) electrons. The van der Waals surface area contributed by atoms with E-state index in [-0.39, 0.29) is 25.8 Å². The van der Waals surface area contributed by atoms with Gasteiger partial charge in [0.05, 0.1) is 29.4 Å². The molecule has 232 valence electrons. The van der Waals surface area contributed by atoms with Gasteiger partial charge in [0.2, 0.25) is 0 Å². The molecule has 7 atom stereocenters. The third-order valence-electron chi connectivity index (χ3n) is 7.87. The normalized spacial score (nSPS) is 27.7. The lowest BCUT2D eigenvalue weighted by molar-refractivity contribution is -0.211. The number of aliphatic hydroxyl groups excluding tert-OH is 3. The topological polar surface area (TPSA) is 130 Å². The molecule has 5 rings (SSSR count). The van der Waals surface area contributed by atoms with Crippen molar-refractivity contribution in [3.8, 4) is 11.3 Å². The van der Waals surface area contributed by atoms with Gasteiger partial charge in [-0.05, 0) is 59.1 Å². The number of ether oxygens (including phenoxy) is 2. The SMILES string of the molecule is CO[C@@H]1[C@@H](n2cc(-c3cc(F)c(Br)c(F)c3)nn2)[C@@H](O)[C@@H](CO)O[C@H]1C(=O)N(c1cc(Cl)cc(Cl)c1)[C@H]1CCCC[C@@H]1O. The van der Waals surface area contributed by atoms with Gasteiger partial charge in [0.25, 0.3) is 5.91 Å². The minimum Gasteiger partial charge on any atom is -0.394 e. The highest BCUT2D eigenvalue weighted by Crippen LogP contribution is 2.38. The second-order valence-electron chi connectivity index (χ2n) is 10.6. The molecule has 1 saturated carbocycles. The van der Waals surface area contributed by atoms with Crippen molar-refractivity contribution in [3.63, 3.8) is 0 Å². The summed E-state index contributed by atoms with van der Waals surface area (Å²) in [6.45, 7) is -0.655. The molecule has 2 heterocycles. The van der Waals surface area contributed by atoms with Gasteiger partial charge < -0.3 is 29.7 Å². The zero-order valence-corrected chi connectivity index (χ0v) is 25.9. The Morgan fingerprint density at radius 2 is 1.79 bits per heavy atom. The number of anilines is 1. The van der Waals surface area contributed by atoms with Crippen LogP contribution in [0.25, 0.3) is 11.3 Å². The number of rotatable bonds is 7. The van der Waals surface area contributed by atoms with Crippen molar-refractivity contribution in [2.45, 2.75) is 68.3 Å². The van der Waals surface area contributed by atoms with E-state index in [1.165, 1.54) is 29.0 Å². The lowest BCUT2D eigenvalue weighted by atomic mass is 9.88. The van der Waals surface area contributed by atoms with Crippen LogP contribution in [0.2, 0.25) is 10.0 Å². The predicted octanol–water partition coefficient (Wildman–Crippen LogP) is 4.31. The molecule has 3 N–H and O–H groups in total. The van der Waals surface area contributed by atoms with Crippen LogP contribution in [0.4, 0.5) is 14.5 Å². The standard InChI is InChI=1S/C28H29BrCl2F2N4O6/c1-42-26-24(36-11-19(34-35-36)13-6-17(32)23(29)18(33)7-13)25(40)22(12-38)43-27(26)28(41)37(20-4-2-3-5-21(20)39)16-9-14(30)8-15(31)10-16/h6-11,20-22,24-27,38-40H,2-5,12H2,1H3/t20-,21-,22+,24-,25-,26+,27+/m0/s1. The Labute approximate surface area is 264 Å². The summed E-state index contributed by atoms with van der Waals surface area (Å²) in [5, 5.41) is 40.9. The molecule has 2 fully saturated rings. The zero-order valence-electron chi connectivity index (χ0n) is 22.8. The number of amides is 1. The van der Waals surface area contributed by atoms with E-state index in [2.05, 4.69) is 26.2 Å². The maximum atomic E-state index is 14.4. The van der Waals surface area contributed by atoms with Gasteiger partial charge in [0.15, 0.2) is 6.10 Å². The number of aromatic nitrogens is 3. The summed E-state index contributed by atoms with van der Waals surface area (Å²) in [4.78, 5) is 15.8. The summed E-state index contributed by atoms with van der Waals surface area (Å²) in [6.07, 6.45) is -2.25. The van der Waals surface area contributed by atoms with E-state index in [4.69, 9.17) is 32.7 Å². The number of carbonyl (C=O) groups is 1. The first-order valence-corrected chi connectivity index (χ1v) is 15.1. The van der Waals surface area contributed by atoms with E-state index < -0.39 is 66.8 Å². The molecule has 10 nitrogen and oxygen atoms in total. The minimum atomic E-state index is -1.43. The summed E-state index contributed by atoms with van der Waals surface area (Å²) in [7, 11) is 1.32. The van der Waals surface area contributed by atoms with Crippen LogP contribution in [0.3, 0.4) is 0 Å². The van der Waals surface area contributed by atoms with Crippen molar-refractivity contribution in [1.29, 1.82) is 0 Å². The van der Waals surface area contributed by atoms with Gasteiger partial charge in [-0.2, -0.15) is 0 Å². The van der Waals surface area contributed by atoms with Gasteiger partial charge in [-0.1, -0.05) is 41.3 Å². The number of halogens is 5. The molecule has 15 heteroatoms. The fraction of sp³-hybridized carbons (Fsp3) is 0.464. The van der Waals surface area contributed by atoms with Crippen molar-refractivity contribution in [3.05, 3.63) is 62.7 Å². The first-order valence-electron chi connectivity index (χ1n) is 13.5. The van der Waals surface area contributed by atoms with Gasteiger partial charge >= 0.3 is 0 Å². The van der Waals surface area contributed by atoms with Crippen LogP contribution in [0.1, 0.15) is 31.7 Å². The predicted molar refractivity (Wildman–Crippen MR) is 157 cm³/mol. The first-order chi connectivity index (χ1) is 20.5. The van der Waals surface area contributed by atoms with Crippen LogP contribution in [-0.4, -0.2) is 86.5 Å². The third-order valence-corrected chi connectivity index (χ3v) is 9.06. The molecular weight excluding hydrogens is 677 g/mol. The number of methoxy groups -OCH3 is 1. The maximum absolute atomic E-state index is 14.4. The van der Waals surface area contributed by atoms with Crippen LogP contribution < -0.4 is 4.90 Å². The third kappa shape index (κ3) is 6.45. The molecule has 1 saturated heterocycles. The zero-order chi connectivity index (χ0) is 31.0. The first kappa shape index (κ1) is 32.2. The Hall–Kier alpha value is -2.23. The monoisotopic (exact) mass is 704 g/mol. The van der Waals surface area contributed by atoms with Crippen LogP contribution >= 0.6 is 39.1 Å². The molecule has 1 amide bonds. The molecule has 3 aromatic rings. The molecule has 1 aromatic heterocycles. The van der Waals surface area contributed by atoms with Crippen molar-refractivity contribution >= 4 is 50.7 Å². The molecular formula is C28H29BrCl2F2N4O6. The maximum Gasteiger partial charge on any atom is 0.259 e. The van der Waals surface area contributed by atoms with Gasteiger partial charge in [0, 0.05) is 28.4 Å². The van der Waals surface area contributed by atoms with Crippen molar-refractivity contribution in [2.75, 3.05) is 18.6 Å². The lowest BCUT2D eigenvalue weighted by Gasteiger charge is -2.46. The van der Waals surface area contributed by atoms with E-state index >= 15 is 0 Å². The molecule has 1 aliphatic carbocycles. The number of aliphatic hydroxyl groups is 3. The van der Waals surface area contributed by atoms with Crippen LogP contribution in [-0.2, 0) is 14.3 Å². The van der Waals surface area contributed by atoms with E-state index in [0.717, 1.165) is 25.0 Å². The van der Waals surface area contributed by atoms with E-state index in [0.29, 0.717) is 18.5 Å². The Balaban J connectivity index is 1.55. The summed E-state index contributed by atoms with van der Waals surface area (Å²) < 4.78 is 41.0. The summed E-state index contributed by atoms with van der Waals surface area (Å²) in [6, 6.07) is 4.98. The largest absolute Gasteiger partial charge is 0.394 e. The Bertz CT molecular complexity index is 1440. The summed E-state index contributed by atoms with van der Waals surface area (Å²) in [5.74, 6) is -2.31. The number of carbonyl (C=O) groups excluding carboxylic acids is 1. The highest BCUT2D eigenvalue weighted by molar-refractivity contribution is 9.10. The van der Waals surface area contributed by atoms with E-state index in [1.807, 2.05) is 0 Å². The van der Waals surface area contributed by atoms with Crippen molar-refractivity contribution in [2.24, 2.45) is 0 Å². The molecule has 1 aliphatic heterocycles. The van der Waals surface area contributed by atoms with E-state index in [9.17, 15) is 28.9 Å². The average Bonchev–Trinajstić information content (AvgIpc) is 3.45. The Morgan fingerprint density at radius 3 is 2.40 bits per heavy atom. The summed E-state index contributed by atoms with van der Waals surface area (Å²) >= 11 is 15.4. The molecule has 2 aromatic carbocycles. The highest BCUT2D eigenvalue weighted by Gasteiger charge is 2.52. The van der Waals surface area contributed by atoms with E-state index in [1.54, 1.807) is 12.1 Å². The molecule has 0 spiro atoms. The smallest absolute Gasteiger partial charge is 0.259 e. The Kier molecular flexibility index (Phi) is 10.0. The van der Waals surface area contributed by atoms with Gasteiger partial charge in [0.1, 0.15) is 41.7 Å². The van der Waals surface area contributed by atoms with Crippen molar-refractivity contribution in [1.82, 2.24) is 15.0 Å². The lowest BCUT2D eigenvalue weighted by Crippen LogP contribution is -2.63. The minimum absolute atomic E-state index is 0.0848. The number of benzene rings is 2. The van der Waals surface area contributed by atoms with Crippen molar-refractivity contribution < 1.29 is 38.4 Å². The molecule has 43 heavy (non-hydrogen) atoms. The van der Waals surface area contributed by atoms with Gasteiger partial charge in [-0.15, -0.1) is 5.10 Å². The fourth-order valence-corrected chi connectivity index (χ4v) is 6.55. The van der Waals surface area contributed by atoms with Gasteiger partial charge in [-0.25, -0.2) is 13.5 Å². The van der Waals surface area contributed by atoms with Crippen LogP contribution in [0, 0.1) is 11.6 Å². The molecule has 2 aliphatic rings. The fourth-order valence-electron chi connectivity index (χ4n) is 5.81. The van der Waals surface area contributed by atoms with Gasteiger partial charge in [-0.3, -0.25) is 4.79 Å². The van der Waals surface area contributed by atoms with Crippen LogP contribution in [0.5, 0.6) is 0 Å². The Morgan fingerprint density at radius 1 is 1.14 bits per heavy atom. The quantitative estimate of drug-likeness (QED) is 0.311. The number of nitrogens with zero attached hydrogens (tertiary/aromatic N) is 4. The highest BCUT2D eigenvalue weighted by atomic mass is 79.9. The second-order valence-corrected chi connectivity index (χ2v) is 12.2. The summed E-state index contributed by atoms with van der Waals surface area (Å²) in [5.41, 5.74) is 0.502. The second kappa shape index (κ2) is 13.4. The average molecular weight is 706 g/mol.